The monoisotopic (exact) mass is 372 g/mol. The Morgan fingerprint density at radius 3 is 2.56 bits per heavy atom. The number of carbonyl (C=O) groups excluding carboxylic acids is 1. The molecule has 5 N–H and O–H groups in total. The second-order valence-corrected chi connectivity index (χ2v) is 7.06. The number of rotatable bonds is 5. The van der Waals surface area contributed by atoms with Gasteiger partial charge in [0.1, 0.15) is 5.60 Å². The number of benzene rings is 1. The molecule has 27 heavy (non-hydrogen) atoms. The number of pyridine rings is 1. The maximum Gasteiger partial charge on any atom is 0.412 e. The van der Waals surface area contributed by atoms with E-state index in [1.165, 1.54) is 6.20 Å². The number of nitrogens with zero attached hydrogens (tertiary/aromatic N) is 1. The molecule has 8 nitrogen and oxygen atoms in total. The minimum Gasteiger partial charge on any atom is -0.465 e. The Kier molecular flexibility index (Phi) is 6.23. The normalized spacial score (nSPS) is 10.9. The molecule has 2 amide bonds. The number of carboxylic acid groups (broad SMARTS) is 1. The van der Waals surface area contributed by atoms with E-state index in [2.05, 4.69) is 15.6 Å². The number of amides is 2. The van der Waals surface area contributed by atoms with Crippen LogP contribution in [0.1, 0.15) is 31.9 Å². The molecule has 0 aliphatic rings. The lowest BCUT2D eigenvalue weighted by molar-refractivity contribution is 0.0635. The van der Waals surface area contributed by atoms with Crippen LogP contribution in [0, 0.1) is 0 Å². The maximum absolute atomic E-state index is 12.0. The topological polar surface area (TPSA) is 127 Å². The second-order valence-electron chi connectivity index (χ2n) is 7.06. The fourth-order valence-corrected chi connectivity index (χ4v) is 2.45. The number of nitrogens with two attached hydrogens (primary N) is 1. The lowest BCUT2D eigenvalue weighted by Crippen LogP contribution is -2.27. The average Bonchev–Trinajstić information content (AvgIpc) is 2.53. The van der Waals surface area contributed by atoms with Crippen LogP contribution >= 0.6 is 0 Å². The van der Waals surface area contributed by atoms with Crippen molar-refractivity contribution >= 4 is 29.2 Å². The van der Waals surface area contributed by atoms with E-state index in [9.17, 15) is 9.59 Å². The van der Waals surface area contributed by atoms with Gasteiger partial charge < -0.3 is 15.6 Å². The summed E-state index contributed by atoms with van der Waals surface area (Å²) in [5.41, 5.74) is 8.58. The second kappa shape index (κ2) is 8.39. The highest BCUT2D eigenvalue weighted by atomic mass is 16.6. The zero-order chi connectivity index (χ0) is 20.0. The molecule has 0 fully saturated rings. The average molecular weight is 372 g/mol. The Hall–Kier alpha value is -3.29. The van der Waals surface area contributed by atoms with Crippen molar-refractivity contribution in [2.75, 3.05) is 16.4 Å². The zero-order valence-corrected chi connectivity index (χ0v) is 15.6. The van der Waals surface area contributed by atoms with Gasteiger partial charge in [0.15, 0.2) is 0 Å². The number of hydrogen-bond donors (Lipinski definition) is 4. The first-order valence-electron chi connectivity index (χ1n) is 8.45. The predicted octanol–water partition coefficient (Wildman–Crippen LogP) is 3.89. The van der Waals surface area contributed by atoms with Crippen LogP contribution in [0.25, 0.3) is 0 Å². The summed E-state index contributed by atoms with van der Waals surface area (Å²) in [7, 11) is 0. The predicted molar refractivity (Wildman–Crippen MR) is 104 cm³/mol. The number of nitrogens with one attached hydrogen (secondary N) is 2. The van der Waals surface area contributed by atoms with Gasteiger partial charge in [0.05, 0.1) is 11.9 Å². The molecule has 0 unspecified atom stereocenters. The van der Waals surface area contributed by atoms with E-state index in [-0.39, 0.29) is 0 Å². The van der Waals surface area contributed by atoms with Crippen molar-refractivity contribution in [3.05, 3.63) is 47.8 Å². The highest BCUT2D eigenvalue weighted by molar-refractivity contribution is 5.86. The van der Waals surface area contributed by atoms with Crippen LogP contribution in [0.5, 0.6) is 0 Å². The third kappa shape index (κ3) is 6.85. The minimum atomic E-state index is -1.14. The third-order valence-electron chi connectivity index (χ3n) is 3.49. The van der Waals surface area contributed by atoms with Gasteiger partial charge in [0.25, 0.3) is 0 Å². The number of anilines is 3. The van der Waals surface area contributed by atoms with Crippen LogP contribution in [-0.4, -0.2) is 27.9 Å². The molecule has 0 saturated heterocycles. The van der Waals surface area contributed by atoms with Crippen molar-refractivity contribution in [3.8, 4) is 0 Å². The summed E-state index contributed by atoms with van der Waals surface area (Å²) >= 11 is 0. The van der Waals surface area contributed by atoms with Crippen LogP contribution < -0.4 is 16.4 Å². The lowest BCUT2D eigenvalue weighted by Gasteiger charge is -2.20. The highest BCUT2D eigenvalue weighted by Gasteiger charge is 2.17. The molecule has 1 aromatic carbocycles. The van der Waals surface area contributed by atoms with Gasteiger partial charge in [-0.1, -0.05) is 0 Å². The Bertz CT molecular complexity index is 831. The minimum absolute atomic E-state index is 0.402. The standard InChI is InChI=1S/C19H24N4O4/c1-19(2,3)27-18(26)23-16-7-6-14(20)9-13(16)5-4-12-8-15(11-21-10-12)22-17(24)25/h6-11,22H,4-5,20H2,1-3H3,(H,23,26)(H,24,25). The largest absolute Gasteiger partial charge is 0.465 e. The summed E-state index contributed by atoms with van der Waals surface area (Å²) in [5.74, 6) is 0. The molecular weight excluding hydrogens is 348 g/mol. The first kappa shape index (κ1) is 20.0. The van der Waals surface area contributed by atoms with E-state index < -0.39 is 17.8 Å². The van der Waals surface area contributed by atoms with Gasteiger partial charge in [-0.25, -0.2) is 9.59 Å². The van der Waals surface area contributed by atoms with Crippen molar-refractivity contribution in [2.45, 2.75) is 39.2 Å². The molecule has 1 heterocycles. The first-order valence-corrected chi connectivity index (χ1v) is 8.45. The number of hydrogen-bond acceptors (Lipinski definition) is 5. The quantitative estimate of drug-likeness (QED) is 0.590. The molecule has 0 aliphatic carbocycles. The molecule has 2 rings (SSSR count). The first-order chi connectivity index (χ1) is 12.6. The van der Waals surface area contributed by atoms with Gasteiger partial charge in [-0.15, -0.1) is 0 Å². The number of aryl methyl sites for hydroxylation is 2. The van der Waals surface area contributed by atoms with Crippen LogP contribution in [0.2, 0.25) is 0 Å². The van der Waals surface area contributed by atoms with Gasteiger partial charge in [0.2, 0.25) is 0 Å². The van der Waals surface area contributed by atoms with E-state index in [0.717, 1.165) is 11.1 Å². The molecule has 8 heteroatoms. The lowest BCUT2D eigenvalue weighted by atomic mass is 10.0. The molecule has 0 saturated carbocycles. The Labute approximate surface area is 157 Å². The summed E-state index contributed by atoms with van der Waals surface area (Å²) in [6, 6.07) is 6.94. The summed E-state index contributed by atoms with van der Waals surface area (Å²) in [4.78, 5) is 26.8. The van der Waals surface area contributed by atoms with Crippen molar-refractivity contribution < 1.29 is 19.4 Å². The van der Waals surface area contributed by atoms with E-state index in [1.807, 2.05) is 0 Å². The highest BCUT2D eigenvalue weighted by Crippen LogP contribution is 2.22. The van der Waals surface area contributed by atoms with Crippen LogP contribution in [0.3, 0.4) is 0 Å². The van der Waals surface area contributed by atoms with Crippen LogP contribution in [-0.2, 0) is 17.6 Å². The SMILES string of the molecule is CC(C)(C)OC(=O)Nc1ccc(N)cc1CCc1cncc(NC(=O)O)c1. The van der Waals surface area contributed by atoms with E-state index in [0.29, 0.717) is 29.9 Å². The summed E-state index contributed by atoms with van der Waals surface area (Å²) in [6.45, 7) is 5.38. The molecule has 0 bridgehead atoms. The van der Waals surface area contributed by atoms with Crippen molar-refractivity contribution in [1.29, 1.82) is 0 Å². The maximum atomic E-state index is 12.0. The Morgan fingerprint density at radius 1 is 1.15 bits per heavy atom. The van der Waals surface area contributed by atoms with E-state index in [1.54, 1.807) is 51.2 Å². The number of nitrogen functional groups attached to an aromatic ring is 1. The fourth-order valence-electron chi connectivity index (χ4n) is 2.45. The van der Waals surface area contributed by atoms with Crippen molar-refractivity contribution in [3.63, 3.8) is 0 Å². The number of ether oxygens (including phenoxy) is 1. The molecule has 0 atom stereocenters. The van der Waals surface area contributed by atoms with Crippen molar-refractivity contribution in [1.82, 2.24) is 4.98 Å². The summed E-state index contributed by atoms with van der Waals surface area (Å²) < 4.78 is 5.29. The number of carbonyl (C=O) groups is 2. The van der Waals surface area contributed by atoms with Gasteiger partial charge in [0, 0.05) is 17.6 Å². The van der Waals surface area contributed by atoms with Gasteiger partial charge in [-0.05, 0) is 69.0 Å². The van der Waals surface area contributed by atoms with E-state index in [4.69, 9.17) is 15.6 Å². The van der Waals surface area contributed by atoms with Crippen molar-refractivity contribution in [2.24, 2.45) is 0 Å². The van der Waals surface area contributed by atoms with E-state index >= 15 is 0 Å². The Morgan fingerprint density at radius 2 is 1.89 bits per heavy atom. The molecule has 0 spiro atoms. The summed E-state index contributed by atoms with van der Waals surface area (Å²) in [5, 5.41) is 13.8. The molecule has 0 radical (unpaired) electrons. The van der Waals surface area contributed by atoms with Gasteiger partial charge in [-0.3, -0.25) is 15.6 Å². The van der Waals surface area contributed by atoms with Gasteiger partial charge >= 0.3 is 12.2 Å². The number of aromatic nitrogens is 1. The third-order valence-corrected chi connectivity index (χ3v) is 3.49. The van der Waals surface area contributed by atoms with Crippen LogP contribution in [0.4, 0.5) is 26.7 Å². The molecular formula is C19H24N4O4. The fraction of sp³-hybridized carbons (Fsp3) is 0.316. The van der Waals surface area contributed by atoms with Gasteiger partial charge in [-0.2, -0.15) is 0 Å². The zero-order valence-electron chi connectivity index (χ0n) is 15.6. The van der Waals surface area contributed by atoms with Crippen LogP contribution in [0.15, 0.2) is 36.7 Å². The molecule has 144 valence electrons. The Balaban J connectivity index is 2.11. The summed E-state index contributed by atoms with van der Waals surface area (Å²) in [6.07, 6.45) is 2.59. The molecule has 1 aromatic heterocycles. The molecule has 2 aromatic rings. The molecule has 0 aliphatic heterocycles. The smallest absolute Gasteiger partial charge is 0.412 e.